The van der Waals surface area contributed by atoms with Crippen LogP contribution in [0.25, 0.3) is 0 Å². The average Bonchev–Trinajstić information content (AvgIpc) is 2.86. The Kier molecular flexibility index (Phi) is 5.75. The standard InChI is InChI=1S/C17H25NO5/c1-17(2,3)23-16(21)18-10-13(19)9-14(18)15(20)22-11-12-7-5-4-6-8-12/h4-8,13-14,16,19,21H,9-11H2,1-3H3/t13-,14-,16?/m0/s1. The first-order valence-electron chi connectivity index (χ1n) is 7.76. The Labute approximate surface area is 136 Å². The maximum atomic E-state index is 12.3. The SMILES string of the molecule is CC(C)(C)OC(O)N1C[C@@H](O)C[C@H]1C(=O)OCc1ccccc1. The van der Waals surface area contributed by atoms with Crippen LogP contribution in [0.15, 0.2) is 30.3 Å². The van der Waals surface area contributed by atoms with E-state index in [2.05, 4.69) is 0 Å². The molecule has 1 aromatic carbocycles. The summed E-state index contributed by atoms with van der Waals surface area (Å²) in [5.74, 6) is -0.470. The van der Waals surface area contributed by atoms with E-state index in [0.717, 1.165) is 5.56 Å². The second-order valence-electron chi connectivity index (χ2n) is 6.75. The highest BCUT2D eigenvalue weighted by atomic mass is 16.6. The fraction of sp³-hybridized carbons (Fsp3) is 0.588. The van der Waals surface area contributed by atoms with Gasteiger partial charge >= 0.3 is 5.97 Å². The Morgan fingerprint density at radius 2 is 2.00 bits per heavy atom. The molecule has 0 saturated carbocycles. The van der Waals surface area contributed by atoms with Crippen LogP contribution in [0.2, 0.25) is 0 Å². The predicted molar refractivity (Wildman–Crippen MR) is 84.2 cm³/mol. The lowest BCUT2D eigenvalue weighted by molar-refractivity contribution is -0.244. The van der Waals surface area contributed by atoms with Crippen molar-refractivity contribution in [3.8, 4) is 0 Å². The van der Waals surface area contributed by atoms with Crippen molar-refractivity contribution in [2.45, 2.75) is 58.0 Å². The number of benzene rings is 1. The Hall–Kier alpha value is -1.47. The number of hydrogen-bond acceptors (Lipinski definition) is 6. The molecule has 1 aliphatic heterocycles. The molecule has 2 rings (SSSR count). The predicted octanol–water partition coefficient (Wildman–Crippen LogP) is 1.26. The van der Waals surface area contributed by atoms with Gasteiger partial charge in [-0.15, -0.1) is 0 Å². The van der Waals surface area contributed by atoms with Crippen LogP contribution in [0.4, 0.5) is 0 Å². The Balaban J connectivity index is 1.96. The maximum absolute atomic E-state index is 12.3. The molecule has 6 nitrogen and oxygen atoms in total. The van der Waals surface area contributed by atoms with Gasteiger partial charge < -0.3 is 19.7 Å². The van der Waals surface area contributed by atoms with Crippen LogP contribution in [-0.2, 0) is 20.9 Å². The van der Waals surface area contributed by atoms with Gasteiger partial charge in [-0.2, -0.15) is 0 Å². The summed E-state index contributed by atoms with van der Waals surface area (Å²) in [6.45, 7) is 5.76. The Bertz CT molecular complexity index is 513. The zero-order chi connectivity index (χ0) is 17.0. The van der Waals surface area contributed by atoms with Crippen molar-refractivity contribution in [3.63, 3.8) is 0 Å². The molecule has 0 bridgehead atoms. The van der Waals surface area contributed by atoms with Gasteiger partial charge in [-0.05, 0) is 26.3 Å². The molecule has 0 radical (unpaired) electrons. The van der Waals surface area contributed by atoms with Crippen molar-refractivity contribution in [1.29, 1.82) is 0 Å². The molecule has 2 N–H and O–H groups in total. The highest BCUT2D eigenvalue weighted by molar-refractivity contribution is 5.76. The first-order chi connectivity index (χ1) is 10.8. The van der Waals surface area contributed by atoms with E-state index in [1.54, 1.807) is 0 Å². The van der Waals surface area contributed by atoms with E-state index in [1.165, 1.54) is 4.90 Å². The molecule has 0 aromatic heterocycles. The molecule has 128 valence electrons. The van der Waals surface area contributed by atoms with Crippen LogP contribution in [0.3, 0.4) is 0 Å². The molecule has 0 aliphatic carbocycles. The van der Waals surface area contributed by atoms with E-state index in [-0.39, 0.29) is 19.6 Å². The van der Waals surface area contributed by atoms with Gasteiger partial charge in [0, 0.05) is 13.0 Å². The lowest BCUT2D eigenvalue weighted by Crippen LogP contribution is -2.47. The molecule has 0 spiro atoms. The minimum atomic E-state index is -1.26. The van der Waals surface area contributed by atoms with Crippen molar-refractivity contribution in [2.75, 3.05) is 6.54 Å². The van der Waals surface area contributed by atoms with Gasteiger partial charge in [0.1, 0.15) is 12.6 Å². The van der Waals surface area contributed by atoms with Crippen LogP contribution in [-0.4, -0.2) is 51.8 Å². The van der Waals surface area contributed by atoms with E-state index in [1.807, 2.05) is 51.1 Å². The molecule has 3 atom stereocenters. The molecule has 1 heterocycles. The molecule has 0 amide bonds. The molecular formula is C17H25NO5. The molecule has 1 aliphatic rings. The highest BCUT2D eigenvalue weighted by Crippen LogP contribution is 2.24. The number of aliphatic hydroxyl groups is 2. The summed E-state index contributed by atoms with van der Waals surface area (Å²) in [6.07, 6.45) is -1.73. The van der Waals surface area contributed by atoms with Crippen LogP contribution >= 0.6 is 0 Å². The third kappa shape index (κ3) is 5.28. The summed E-state index contributed by atoms with van der Waals surface area (Å²) in [7, 11) is 0. The van der Waals surface area contributed by atoms with Crippen molar-refractivity contribution >= 4 is 5.97 Å². The number of carbonyl (C=O) groups is 1. The number of carbonyl (C=O) groups excluding carboxylic acids is 1. The van der Waals surface area contributed by atoms with Gasteiger partial charge in [-0.25, -0.2) is 4.90 Å². The Morgan fingerprint density at radius 1 is 1.35 bits per heavy atom. The van der Waals surface area contributed by atoms with Crippen LogP contribution in [0, 0.1) is 0 Å². The quantitative estimate of drug-likeness (QED) is 0.627. The third-order valence-corrected chi connectivity index (χ3v) is 3.56. The summed E-state index contributed by atoms with van der Waals surface area (Å²) in [5.41, 5.74) is 0.322. The van der Waals surface area contributed by atoms with Crippen molar-refractivity contribution < 1.29 is 24.5 Å². The topological polar surface area (TPSA) is 79.2 Å². The van der Waals surface area contributed by atoms with Gasteiger partial charge in [-0.3, -0.25) is 4.79 Å². The molecular weight excluding hydrogens is 298 g/mol. The molecule has 23 heavy (non-hydrogen) atoms. The van der Waals surface area contributed by atoms with Crippen LogP contribution in [0.1, 0.15) is 32.8 Å². The monoisotopic (exact) mass is 323 g/mol. The van der Waals surface area contributed by atoms with Crippen molar-refractivity contribution in [2.24, 2.45) is 0 Å². The minimum Gasteiger partial charge on any atom is -0.460 e. The number of β-amino-alcohol motifs (C(OH)–C–C–N with tert-alkyl or cyclic N) is 1. The Morgan fingerprint density at radius 3 is 2.61 bits per heavy atom. The van der Waals surface area contributed by atoms with Gasteiger partial charge in [-0.1, -0.05) is 30.3 Å². The number of hydrogen-bond donors (Lipinski definition) is 2. The summed E-state index contributed by atoms with van der Waals surface area (Å²) in [5, 5.41) is 20.0. The fourth-order valence-corrected chi connectivity index (χ4v) is 2.52. The van der Waals surface area contributed by atoms with Crippen molar-refractivity contribution in [3.05, 3.63) is 35.9 Å². The lowest BCUT2D eigenvalue weighted by Gasteiger charge is -2.32. The number of esters is 1. The lowest BCUT2D eigenvalue weighted by atomic mass is 10.2. The van der Waals surface area contributed by atoms with Crippen LogP contribution in [0.5, 0.6) is 0 Å². The van der Waals surface area contributed by atoms with Gasteiger partial charge in [0.15, 0.2) is 0 Å². The highest BCUT2D eigenvalue weighted by Gasteiger charge is 2.41. The summed E-state index contributed by atoms with van der Waals surface area (Å²) >= 11 is 0. The van der Waals surface area contributed by atoms with E-state index >= 15 is 0 Å². The minimum absolute atomic E-state index is 0.163. The normalized spacial score (nSPS) is 23.7. The number of likely N-dealkylation sites (tertiary alicyclic amines) is 1. The zero-order valence-corrected chi connectivity index (χ0v) is 13.8. The second-order valence-corrected chi connectivity index (χ2v) is 6.75. The van der Waals surface area contributed by atoms with Crippen LogP contribution < -0.4 is 0 Å². The smallest absolute Gasteiger partial charge is 0.323 e. The number of ether oxygens (including phenoxy) is 2. The average molecular weight is 323 g/mol. The molecule has 1 fully saturated rings. The largest absolute Gasteiger partial charge is 0.460 e. The number of rotatable bonds is 5. The summed E-state index contributed by atoms with van der Waals surface area (Å²) < 4.78 is 10.8. The second kappa shape index (κ2) is 7.40. The maximum Gasteiger partial charge on any atom is 0.323 e. The first kappa shape index (κ1) is 17.9. The zero-order valence-electron chi connectivity index (χ0n) is 13.8. The molecule has 1 saturated heterocycles. The van der Waals surface area contributed by atoms with Gasteiger partial charge in [0.25, 0.3) is 0 Å². The van der Waals surface area contributed by atoms with E-state index in [9.17, 15) is 15.0 Å². The van der Waals surface area contributed by atoms with Gasteiger partial charge in [0.05, 0.1) is 11.7 Å². The van der Waals surface area contributed by atoms with E-state index in [0.29, 0.717) is 0 Å². The molecule has 1 aromatic rings. The molecule has 1 unspecified atom stereocenters. The van der Waals surface area contributed by atoms with Gasteiger partial charge in [0.2, 0.25) is 6.41 Å². The fourth-order valence-electron chi connectivity index (χ4n) is 2.52. The molecule has 6 heteroatoms. The summed E-state index contributed by atoms with van der Waals surface area (Å²) in [4.78, 5) is 13.7. The van der Waals surface area contributed by atoms with Crippen molar-refractivity contribution in [1.82, 2.24) is 4.90 Å². The first-order valence-corrected chi connectivity index (χ1v) is 7.76. The number of aliphatic hydroxyl groups excluding tert-OH is 2. The van der Waals surface area contributed by atoms with E-state index in [4.69, 9.17) is 9.47 Å². The number of nitrogens with zero attached hydrogens (tertiary/aromatic N) is 1. The summed E-state index contributed by atoms with van der Waals surface area (Å²) in [6, 6.07) is 8.65. The van der Waals surface area contributed by atoms with E-state index < -0.39 is 30.1 Å². The third-order valence-electron chi connectivity index (χ3n) is 3.56.